The highest BCUT2D eigenvalue weighted by Gasteiger charge is 2.11. The van der Waals surface area contributed by atoms with Gasteiger partial charge in [0.25, 0.3) is 0 Å². The lowest BCUT2D eigenvalue weighted by Gasteiger charge is -2.20. The molecule has 1 N–H and O–H groups in total. The fourth-order valence-electron chi connectivity index (χ4n) is 1.92. The summed E-state index contributed by atoms with van der Waals surface area (Å²) in [5, 5.41) is 8.17. The first-order chi connectivity index (χ1) is 8.12. The molecule has 0 fully saturated rings. The summed E-state index contributed by atoms with van der Waals surface area (Å²) in [6, 6.07) is 2.78. The molecule has 0 radical (unpaired) electrons. The highest BCUT2D eigenvalue weighted by molar-refractivity contribution is 5.10. The minimum absolute atomic E-state index is 0.560. The Balaban J connectivity index is 2.58. The molecule has 0 spiro atoms. The van der Waals surface area contributed by atoms with Gasteiger partial charge in [0.1, 0.15) is 0 Å². The Bertz CT molecular complexity index is 330. The zero-order valence-electron chi connectivity index (χ0n) is 12.0. The molecule has 0 aliphatic carbocycles. The summed E-state index contributed by atoms with van der Waals surface area (Å²) in [4.78, 5) is 0. The maximum atomic E-state index is 4.57. The number of aromatic nitrogens is 2. The quantitative estimate of drug-likeness (QED) is 0.790. The number of hydrogen-bond donors (Lipinski definition) is 1. The topological polar surface area (TPSA) is 29.9 Å². The Kier molecular flexibility index (Phi) is 5.69. The van der Waals surface area contributed by atoms with E-state index in [-0.39, 0.29) is 0 Å². The van der Waals surface area contributed by atoms with Gasteiger partial charge in [-0.05, 0) is 32.3 Å². The highest BCUT2D eigenvalue weighted by atomic mass is 15.3. The predicted octanol–water partition coefficient (Wildman–Crippen LogP) is 2.99. The molecule has 2 atom stereocenters. The minimum Gasteiger partial charge on any atom is -0.308 e. The molecule has 0 bridgehead atoms. The summed E-state index contributed by atoms with van der Waals surface area (Å²) in [7, 11) is 0. The first kappa shape index (κ1) is 14.2. The molecule has 1 aromatic heterocycles. The van der Waals surface area contributed by atoms with Crippen LogP contribution in [0.5, 0.6) is 0 Å². The zero-order valence-corrected chi connectivity index (χ0v) is 12.0. The maximum Gasteiger partial charge on any atom is 0.0625 e. The zero-order chi connectivity index (χ0) is 12.8. The fourth-order valence-corrected chi connectivity index (χ4v) is 1.92. The maximum absolute atomic E-state index is 4.57. The lowest BCUT2D eigenvalue weighted by Crippen LogP contribution is -2.32. The summed E-state index contributed by atoms with van der Waals surface area (Å²) in [6.45, 7) is 13.0. The summed E-state index contributed by atoms with van der Waals surface area (Å²) < 4.78 is 2.11. The van der Waals surface area contributed by atoms with E-state index in [0.717, 1.165) is 25.4 Å². The van der Waals surface area contributed by atoms with Gasteiger partial charge < -0.3 is 5.32 Å². The van der Waals surface area contributed by atoms with Crippen molar-refractivity contribution in [2.24, 2.45) is 5.92 Å². The van der Waals surface area contributed by atoms with E-state index >= 15 is 0 Å². The van der Waals surface area contributed by atoms with E-state index in [1.807, 2.05) is 0 Å². The Morgan fingerprint density at radius 1 is 1.29 bits per heavy atom. The molecule has 1 heterocycles. The number of nitrogens with one attached hydrogen (secondary N) is 1. The molecule has 0 saturated carbocycles. The van der Waals surface area contributed by atoms with Crippen LogP contribution in [0.3, 0.4) is 0 Å². The largest absolute Gasteiger partial charge is 0.308 e. The second-order valence-corrected chi connectivity index (χ2v) is 4.85. The summed E-state index contributed by atoms with van der Waals surface area (Å²) in [5.41, 5.74) is 2.50. The van der Waals surface area contributed by atoms with Gasteiger partial charge in [0.15, 0.2) is 0 Å². The van der Waals surface area contributed by atoms with Gasteiger partial charge in [0, 0.05) is 19.1 Å². The van der Waals surface area contributed by atoms with Crippen LogP contribution in [0.15, 0.2) is 6.07 Å². The lowest BCUT2D eigenvalue weighted by atomic mass is 10.0. The highest BCUT2D eigenvalue weighted by Crippen LogP contribution is 2.09. The lowest BCUT2D eigenvalue weighted by molar-refractivity contribution is 0.383. The standard InChI is InChI=1S/C14H27N3/c1-6-11(4)12(5)15-10-14-9-13(7-2)16-17(14)8-3/h9,11-12,15H,6-8,10H2,1-5H3. The van der Waals surface area contributed by atoms with Gasteiger partial charge in [-0.1, -0.05) is 27.2 Å². The fraction of sp³-hybridized carbons (Fsp3) is 0.786. The number of rotatable bonds is 7. The van der Waals surface area contributed by atoms with Crippen molar-refractivity contribution in [3.8, 4) is 0 Å². The van der Waals surface area contributed by atoms with E-state index in [2.05, 4.69) is 55.8 Å². The van der Waals surface area contributed by atoms with Crippen LogP contribution in [0.4, 0.5) is 0 Å². The third-order valence-electron chi connectivity index (χ3n) is 3.68. The van der Waals surface area contributed by atoms with Crippen LogP contribution in [0, 0.1) is 5.92 Å². The van der Waals surface area contributed by atoms with Crippen LogP contribution >= 0.6 is 0 Å². The van der Waals surface area contributed by atoms with E-state index in [1.165, 1.54) is 17.8 Å². The van der Waals surface area contributed by atoms with Crippen LogP contribution in [-0.4, -0.2) is 15.8 Å². The monoisotopic (exact) mass is 237 g/mol. The molecule has 3 heteroatoms. The van der Waals surface area contributed by atoms with Gasteiger partial charge >= 0.3 is 0 Å². The Labute approximate surface area is 106 Å². The summed E-state index contributed by atoms with van der Waals surface area (Å²) in [6.07, 6.45) is 2.24. The van der Waals surface area contributed by atoms with Gasteiger partial charge in [-0.25, -0.2) is 0 Å². The van der Waals surface area contributed by atoms with Gasteiger partial charge in [0.05, 0.1) is 11.4 Å². The Hall–Kier alpha value is -0.830. The number of nitrogens with zero attached hydrogens (tertiary/aromatic N) is 2. The van der Waals surface area contributed by atoms with Crippen LogP contribution < -0.4 is 5.32 Å². The van der Waals surface area contributed by atoms with Crippen molar-refractivity contribution in [1.82, 2.24) is 15.1 Å². The smallest absolute Gasteiger partial charge is 0.0625 e. The van der Waals surface area contributed by atoms with E-state index in [9.17, 15) is 0 Å². The van der Waals surface area contributed by atoms with Crippen LogP contribution in [-0.2, 0) is 19.5 Å². The Morgan fingerprint density at radius 2 is 2.00 bits per heavy atom. The van der Waals surface area contributed by atoms with Gasteiger partial charge in [-0.3, -0.25) is 4.68 Å². The van der Waals surface area contributed by atoms with Crippen molar-refractivity contribution in [2.45, 2.75) is 66.6 Å². The van der Waals surface area contributed by atoms with Crippen molar-refractivity contribution < 1.29 is 0 Å². The first-order valence-corrected chi connectivity index (χ1v) is 6.91. The molecule has 1 aromatic rings. The molecular weight excluding hydrogens is 210 g/mol. The first-order valence-electron chi connectivity index (χ1n) is 6.91. The average molecular weight is 237 g/mol. The molecule has 2 unspecified atom stereocenters. The average Bonchev–Trinajstić information content (AvgIpc) is 2.77. The number of aryl methyl sites for hydroxylation is 2. The summed E-state index contributed by atoms with van der Waals surface area (Å²) >= 11 is 0. The van der Waals surface area contributed by atoms with Crippen molar-refractivity contribution in [2.75, 3.05) is 0 Å². The molecule has 0 aliphatic rings. The molecule has 98 valence electrons. The second kappa shape index (κ2) is 6.80. The van der Waals surface area contributed by atoms with Crippen molar-refractivity contribution in [3.63, 3.8) is 0 Å². The van der Waals surface area contributed by atoms with Gasteiger partial charge in [-0.15, -0.1) is 0 Å². The molecule has 1 rings (SSSR count). The van der Waals surface area contributed by atoms with Gasteiger partial charge in [0.2, 0.25) is 0 Å². The van der Waals surface area contributed by atoms with Crippen LogP contribution in [0.25, 0.3) is 0 Å². The molecule has 3 nitrogen and oxygen atoms in total. The predicted molar refractivity (Wildman–Crippen MR) is 73.0 cm³/mol. The third-order valence-corrected chi connectivity index (χ3v) is 3.68. The third kappa shape index (κ3) is 3.84. The van der Waals surface area contributed by atoms with Crippen LogP contribution in [0.1, 0.15) is 52.4 Å². The minimum atomic E-state index is 0.560. The van der Waals surface area contributed by atoms with E-state index in [4.69, 9.17) is 0 Å². The molecular formula is C14H27N3. The van der Waals surface area contributed by atoms with Crippen molar-refractivity contribution >= 4 is 0 Å². The van der Waals surface area contributed by atoms with E-state index < -0.39 is 0 Å². The number of hydrogen-bond acceptors (Lipinski definition) is 2. The SMILES string of the molecule is CCc1cc(CNC(C)C(C)CC)n(CC)n1. The molecule has 17 heavy (non-hydrogen) atoms. The molecule has 0 aliphatic heterocycles. The van der Waals surface area contributed by atoms with Crippen molar-refractivity contribution in [3.05, 3.63) is 17.5 Å². The van der Waals surface area contributed by atoms with E-state index in [1.54, 1.807) is 0 Å². The van der Waals surface area contributed by atoms with Crippen LogP contribution in [0.2, 0.25) is 0 Å². The molecule has 0 saturated heterocycles. The molecule has 0 aromatic carbocycles. The molecule has 0 amide bonds. The van der Waals surface area contributed by atoms with Gasteiger partial charge in [-0.2, -0.15) is 5.10 Å². The summed E-state index contributed by atoms with van der Waals surface area (Å²) in [5.74, 6) is 0.721. The second-order valence-electron chi connectivity index (χ2n) is 4.85. The van der Waals surface area contributed by atoms with Crippen molar-refractivity contribution in [1.29, 1.82) is 0 Å². The Morgan fingerprint density at radius 3 is 2.53 bits per heavy atom. The van der Waals surface area contributed by atoms with E-state index in [0.29, 0.717) is 6.04 Å². The normalized spacial score (nSPS) is 14.9.